The van der Waals surface area contributed by atoms with Gasteiger partial charge in [0.05, 0.1) is 14.7 Å². The average molecular weight is 591 g/mol. The Morgan fingerprint density at radius 3 is 0.974 bits per heavy atom. The molecular formula is C22H22N8O6S3. The van der Waals surface area contributed by atoms with Crippen LogP contribution in [0.4, 0.5) is 34.9 Å². The summed E-state index contributed by atoms with van der Waals surface area (Å²) in [5, 5.41) is 19.1. The predicted octanol–water partition coefficient (Wildman–Crippen LogP) is 1.80. The normalized spacial score (nSPS) is 12.1. The van der Waals surface area contributed by atoms with Crippen LogP contribution in [0, 0.1) is 0 Å². The number of rotatable bonds is 9. The third-order valence-electron chi connectivity index (χ3n) is 5.05. The van der Waals surface area contributed by atoms with Crippen molar-refractivity contribution in [2.75, 3.05) is 22.2 Å². The molecule has 0 saturated carbocycles. The quantitative estimate of drug-likeness (QED) is 0.188. The maximum absolute atomic E-state index is 11.7. The molecule has 0 radical (unpaired) electrons. The second-order valence-electron chi connectivity index (χ2n) is 8.12. The van der Waals surface area contributed by atoms with Crippen molar-refractivity contribution in [2.45, 2.75) is 14.7 Å². The summed E-state index contributed by atoms with van der Waals surface area (Å²) in [4.78, 5) is 12.9. The molecule has 14 nitrogen and oxygen atoms in total. The van der Waals surface area contributed by atoms with Crippen LogP contribution in [0.25, 0.3) is 0 Å². The van der Waals surface area contributed by atoms with Crippen LogP contribution in [0.2, 0.25) is 0 Å². The monoisotopic (exact) mass is 590 g/mol. The molecule has 0 saturated heterocycles. The SMILES string of the molecule is CS(=O)(=O)c1ccc(Nc2nc(Nc3ccc(S(N)(=O)=O)cc3)nc(Nc3ccc(S(N)(=O)=O)cc3)n2)cc1. The van der Waals surface area contributed by atoms with E-state index in [-0.39, 0.29) is 32.5 Å². The zero-order chi connectivity index (χ0) is 28.4. The van der Waals surface area contributed by atoms with Crippen LogP contribution >= 0.6 is 0 Å². The molecule has 0 amide bonds. The molecule has 17 heteroatoms. The third kappa shape index (κ3) is 7.45. The van der Waals surface area contributed by atoms with Gasteiger partial charge in [-0.3, -0.25) is 0 Å². The van der Waals surface area contributed by atoms with E-state index >= 15 is 0 Å². The molecule has 3 aromatic carbocycles. The lowest BCUT2D eigenvalue weighted by molar-refractivity contribution is 0.596. The highest BCUT2D eigenvalue weighted by atomic mass is 32.2. The van der Waals surface area contributed by atoms with Gasteiger partial charge in [-0.15, -0.1) is 0 Å². The van der Waals surface area contributed by atoms with Crippen LogP contribution in [-0.2, 0) is 29.9 Å². The van der Waals surface area contributed by atoms with Crippen LogP contribution in [-0.4, -0.2) is 46.5 Å². The Labute approximate surface area is 224 Å². The zero-order valence-corrected chi connectivity index (χ0v) is 22.5. The van der Waals surface area contributed by atoms with Gasteiger partial charge in [0.25, 0.3) is 0 Å². The first kappa shape index (κ1) is 27.9. The van der Waals surface area contributed by atoms with Crippen molar-refractivity contribution in [3.8, 4) is 0 Å². The summed E-state index contributed by atoms with van der Waals surface area (Å²) in [5.74, 6) is 0.198. The lowest BCUT2D eigenvalue weighted by Crippen LogP contribution is -2.12. The number of benzene rings is 3. The molecule has 39 heavy (non-hydrogen) atoms. The van der Waals surface area contributed by atoms with Gasteiger partial charge in [0.2, 0.25) is 37.9 Å². The first-order valence-electron chi connectivity index (χ1n) is 10.8. The van der Waals surface area contributed by atoms with E-state index in [1.54, 1.807) is 12.1 Å². The van der Waals surface area contributed by atoms with Crippen LogP contribution in [0.5, 0.6) is 0 Å². The molecule has 1 heterocycles. The van der Waals surface area contributed by atoms with Crippen LogP contribution < -0.4 is 26.2 Å². The van der Waals surface area contributed by atoms with Crippen molar-refractivity contribution >= 4 is 64.8 Å². The van der Waals surface area contributed by atoms with E-state index in [0.29, 0.717) is 17.1 Å². The van der Waals surface area contributed by atoms with E-state index in [4.69, 9.17) is 10.3 Å². The number of nitrogens with one attached hydrogen (secondary N) is 3. The van der Waals surface area contributed by atoms with E-state index in [0.717, 1.165) is 6.26 Å². The summed E-state index contributed by atoms with van der Waals surface area (Å²) >= 11 is 0. The molecular weight excluding hydrogens is 568 g/mol. The van der Waals surface area contributed by atoms with Gasteiger partial charge >= 0.3 is 0 Å². The lowest BCUT2D eigenvalue weighted by Gasteiger charge is -2.12. The van der Waals surface area contributed by atoms with E-state index in [1.807, 2.05) is 0 Å². The second-order valence-corrected chi connectivity index (χ2v) is 13.3. The minimum absolute atomic E-state index is 0.0623. The summed E-state index contributed by atoms with van der Waals surface area (Å²) in [6, 6.07) is 17.1. The van der Waals surface area contributed by atoms with Crippen molar-refractivity contribution in [3.63, 3.8) is 0 Å². The standard InChI is InChI=1S/C22H22N8O6S3/c1-37(31,32)17-8-2-14(3-9-17)25-20-28-21(26-15-4-10-18(11-5-15)38(23,33)34)30-22(29-20)27-16-6-12-19(13-7-16)39(24,35)36/h2-13H,1H3,(H2,23,33,34)(H2,24,35,36)(H3,25,26,27,28,29,30). The lowest BCUT2D eigenvalue weighted by atomic mass is 10.3. The van der Waals surface area contributed by atoms with Gasteiger partial charge in [-0.1, -0.05) is 0 Å². The Morgan fingerprint density at radius 2 is 0.744 bits per heavy atom. The van der Waals surface area contributed by atoms with Gasteiger partial charge in [-0.05, 0) is 72.8 Å². The fourth-order valence-corrected chi connectivity index (χ4v) is 4.83. The fraction of sp³-hybridized carbons (Fsp3) is 0.0455. The number of nitrogens with zero attached hydrogens (tertiary/aromatic N) is 3. The fourth-order valence-electron chi connectivity index (χ4n) is 3.17. The molecule has 0 aliphatic carbocycles. The smallest absolute Gasteiger partial charge is 0.238 e. The van der Waals surface area contributed by atoms with Crippen molar-refractivity contribution in [1.82, 2.24) is 15.0 Å². The minimum Gasteiger partial charge on any atom is -0.324 e. The predicted molar refractivity (Wildman–Crippen MR) is 145 cm³/mol. The summed E-state index contributed by atoms with van der Waals surface area (Å²) in [7, 11) is -11.1. The van der Waals surface area contributed by atoms with Crippen LogP contribution in [0.1, 0.15) is 0 Å². The largest absolute Gasteiger partial charge is 0.324 e. The Kier molecular flexibility index (Phi) is 7.53. The Bertz CT molecular complexity index is 1600. The first-order chi connectivity index (χ1) is 18.2. The number of hydrogen-bond donors (Lipinski definition) is 5. The number of sulfone groups is 1. The summed E-state index contributed by atoms with van der Waals surface area (Å²) in [6.07, 6.45) is 1.10. The van der Waals surface area contributed by atoms with Gasteiger partial charge in [-0.25, -0.2) is 35.5 Å². The average Bonchev–Trinajstić information content (AvgIpc) is 2.83. The second kappa shape index (κ2) is 10.5. The molecule has 0 atom stereocenters. The molecule has 204 valence electrons. The molecule has 0 aliphatic rings. The van der Waals surface area contributed by atoms with E-state index in [9.17, 15) is 25.3 Å². The molecule has 1 aromatic heterocycles. The highest BCUT2D eigenvalue weighted by molar-refractivity contribution is 7.90. The van der Waals surface area contributed by atoms with Crippen molar-refractivity contribution in [1.29, 1.82) is 0 Å². The Morgan fingerprint density at radius 1 is 0.487 bits per heavy atom. The Balaban J connectivity index is 1.65. The molecule has 0 bridgehead atoms. The topological polar surface area (TPSA) is 229 Å². The van der Waals surface area contributed by atoms with Crippen LogP contribution in [0.15, 0.2) is 87.5 Å². The van der Waals surface area contributed by atoms with Gasteiger partial charge in [0.1, 0.15) is 0 Å². The van der Waals surface area contributed by atoms with Crippen molar-refractivity contribution in [2.24, 2.45) is 10.3 Å². The van der Waals surface area contributed by atoms with Crippen molar-refractivity contribution < 1.29 is 25.3 Å². The van der Waals surface area contributed by atoms with Gasteiger partial charge in [-0.2, -0.15) is 15.0 Å². The molecule has 0 fully saturated rings. The maximum Gasteiger partial charge on any atom is 0.238 e. The third-order valence-corrected chi connectivity index (χ3v) is 8.04. The summed E-state index contributed by atoms with van der Waals surface area (Å²) in [6.45, 7) is 0. The summed E-state index contributed by atoms with van der Waals surface area (Å²) < 4.78 is 69.6. The first-order valence-corrected chi connectivity index (χ1v) is 15.8. The maximum atomic E-state index is 11.7. The van der Waals surface area contributed by atoms with Crippen LogP contribution in [0.3, 0.4) is 0 Å². The number of anilines is 6. The number of primary sulfonamides is 2. The number of sulfonamides is 2. The molecule has 7 N–H and O–H groups in total. The molecule has 0 unspecified atom stereocenters. The van der Waals surface area contributed by atoms with Crippen molar-refractivity contribution in [3.05, 3.63) is 72.8 Å². The molecule has 4 rings (SSSR count). The number of hydrogen-bond acceptors (Lipinski definition) is 12. The van der Waals surface area contributed by atoms with Gasteiger partial charge in [0, 0.05) is 23.3 Å². The number of aromatic nitrogens is 3. The molecule has 0 spiro atoms. The zero-order valence-electron chi connectivity index (χ0n) is 20.1. The Hall–Kier alpha value is -4.16. The number of nitrogens with two attached hydrogens (primary N) is 2. The summed E-state index contributed by atoms with van der Waals surface area (Å²) in [5.41, 5.74) is 1.38. The van der Waals surface area contributed by atoms with Gasteiger partial charge < -0.3 is 16.0 Å². The van der Waals surface area contributed by atoms with Gasteiger partial charge in [0.15, 0.2) is 9.84 Å². The molecule has 4 aromatic rings. The van der Waals surface area contributed by atoms with E-state index < -0.39 is 29.9 Å². The minimum atomic E-state index is -3.87. The highest BCUT2D eigenvalue weighted by Crippen LogP contribution is 2.23. The highest BCUT2D eigenvalue weighted by Gasteiger charge is 2.12. The van der Waals surface area contributed by atoms with E-state index in [2.05, 4.69) is 30.9 Å². The van der Waals surface area contributed by atoms with E-state index in [1.165, 1.54) is 60.7 Å². The molecule has 0 aliphatic heterocycles.